The van der Waals surface area contributed by atoms with Crippen molar-refractivity contribution in [3.63, 3.8) is 0 Å². The number of carbonyl (C=O) groups is 1. The lowest BCUT2D eigenvalue weighted by Gasteiger charge is -2.09. The molecule has 22 heavy (non-hydrogen) atoms. The first-order chi connectivity index (χ1) is 10.5. The van der Waals surface area contributed by atoms with Gasteiger partial charge in [-0.25, -0.2) is 4.98 Å². The van der Waals surface area contributed by atoms with Crippen LogP contribution in [0.1, 0.15) is 21.7 Å². The van der Waals surface area contributed by atoms with E-state index in [1.54, 1.807) is 22.7 Å². The number of halogens is 2. The Morgan fingerprint density at radius 3 is 2.77 bits per heavy atom. The second kappa shape index (κ2) is 5.89. The molecule has 0 fully saturated rings. The SMILES string of the molecule is Cc1cc(I)ccc1NC(=O)c1c(C)nc2cc(Cl)ccn12. The summed E-state index contributed by atoms with van der Waals surface area (Å²) >= 11 is 8.22. The molecule has 1 N–H and O–H groups in total. The third-order valence-electron chi connectivity index (χ3n) is 3.41. The van der Waals surface area contributed by atoms with Crippen LogP contribution < -0.4 is 5.32 Å². The molecule has 0 bridgehead atoms. The van der Waals surface area contributed by atoms with Crippen LogP contribution in [0, 0.1) is 17.4 Å². The lowest BCUT2D eigenvalue weighted by Crippen LogP contribution is -2.16. The van der Waals surface area contributed by atoms with Crippen molar-refractivity contribution in [3.05, 3.63) is 62.1 Å². The van der Waals surface area contributed by atoms with Crippen LogP contribution in [0.25, 0.3) is 5.65 Å². The third-order valence-corrected chi connectivity index (χ3v) is 4.32. The van der Waals surface area contributed by atoms with Crippen LogP contribution in [0.2, 0.25) is 5.02 Å². The number of carbonyl (C=O) groups excluding carboxylic acids is 1. The predicted octanol–water partition coefficient (Wildman–Crippen LogP) is 4.46. The van der Waals surface area contributed by atoms with E-state index in [9.17, 15) is 4.79 Å². The van der Waals surface area contributed by atoms with Gasteiger partial charge in [0, 0.05) is 26.5 Å². The highest BCUT2D eigenvalue weighted by Gasteiger charge is 2.17. The Kier molecular flexibility index (Phi) is 4.10. The van der Waals surface area contributed by atoms with Crippen molar-refractivity contribution in [2.75, 3.05) is 5.32 Å². The van der Waals surface area contributed by atoms with E-state index >= 15 is 0 Å². The van der Waals surface area contributed by atoms with Crippen LogP contribution in [0.15, 0.2) is 36.5 Å². The van der Waals surface area contributed by atoms with Crippen LogP contribution in [0.5, 0.6) is 0 Å². The number of benzene rings is 1. The van der Waals surface area contributed by atoms with E-state index in [4.69, 9.17) is 11.6 Å². The molecule has 0 aliphatic rings. The Bertz CT molecular complexity index is 888. The summed E-state index contributed by atoms with van der Waals surface area (Å²) in [6.07, 6.45) is 1.76. The van der Waals surface area contributed by atoms with Crippen LogP contribution in [-0.2, 0) is 0 Å². The second-order valence-corrected chi connectivity index (χ2v) is 6.71. The first-order valence-corrected chi connectivity index (χ1v) is 8.13. The summed E-state index contributed by atoms with van der Waals surface area (Å²) in [6.45, 7) is 3.79. The molecule has 0 atom stereocenters. The van der Waals surface area contributed by atoms with Crippen molar-refractivity contribution in [2.45, 2.75) is 13.8 Å². The molecule has 0 saturated carbocycles. The predicted molar refractivity (Wildman–Crippen MR) is 96.8 cm³/mol. The molecule has 1 amide bonds. The number of amides is 1. The van der Waals surface area contributed by atoms with Crippen molar-refractivity contribution in [1.29, 1.82) is 0 Å². The number of imidazole rings is 1. The van der Waals surface area contributed by atoms with Gasteiger partial charge >= 0.3 is 0 Å². The van der Waals surface area contributed by atoms with E-state index < -0.39 is 0 Å². The standard InChI is InChI=1S/C16H13ClIN3O/c1-9-7-12(18)3-4-13(9)20-16(22)15-10(2)19-14-8-11(17)5-6-21(14)15/h3-8H,1-2H3,(H,20,22). The Morgan fingerprint density at radius 1 is 1.27 bits per heavy atom. The number of rotatable bonds is 2. The second-order valence-electron chi connectivity index (χ2n) is 5.03. The number of anilines is 1. The first-order valence-electron chi connectivity index (χ1n) is 6.67. The maximum atomic E-state index is 12.6. The normalized spacial score (nSPS) is 10.9. The van der Waals surface area contributed by atoms with Crippen molar-refractivity contribution in [1.82, 2.24) is 9.38 Å². The number of aromatic nitrogens is 2. The summed E-state index contributed by atoms with van der Waals surface area (Å²) in [5.74, 6) is -0.184. The average Bonchev–Trinajstić information content (AvgIpc) is 2.76. The smallest absolute Gasteiger partial charge is 0.274 e. The molecule has 0 spiro atoms. The molecule has 1 aromatic carbocycles. The van der Waals surface area contributed by atoms with Gasteiger partial charge in [-0.1, -0.05) is 11.6 Å². The Balaban J connectivity index is 2.00. The Hall–Kier alpha value is -1.60. The molecule has 0 saturated heterocycles. The number of fused-ring (bicyclic) bond motifs is 1. The van der Waals surface area contributed by atoms with Gasteiger partial charge in [-0.2, -0.15) is 0 Å². The molecular formula is C16H13ClIN3O. The van der Waals surface area contributed by atoms with E-state index in [-0.39, 0.29) is 5.91 Å². The Labute approximate surface area is 146 Å². The number of hydrogen-bond acceptors (Lipinski definition) is 2. The van der Waals surface area contributed by atoms with Gasteiger partial charge in [-0.3, -0.25) is 9.20 Å². The van der Waals surface area contributed by atoms with E-state index in [0.29, 0.717) is 22.1 Å². The average molecular weight is 426 g/mol. The van der Waals surface area contributed by atoms with E-state index in [0.717, 1.165) is 14.8 Å². The summed E-state index contributed by atoms with van der Waals surface area (Å²) < 4.78 is 2.88. The van der Waals surface area contributed by atoms with E-state index in [1.807, 2.05) is 32.0 Å². The van der Waals surface area contributed by atoms with Crippen LogP contribution in [-0.4, -0.2) is 15.3 Å². The summed E-state index contributed by atoms with van der Waals surface area (Å²) in [6, 6.07) is 9.37. The molecule has 0 unspecified atom stereocenters. The van der Waals surface area contributed by atoms with Crippen LogP contribution in [0.3, 0.4) is 0 Å². The summed E-state index contributed by atoms with van der Waals surface area (Å²) in [4.78, 5) is 17.0. The van der Waals surface area contributed by atoms with Crippen molar-refractivity contribution in [3.8, 4) is 0 Å². The molecule has 0 radical (unpaired) electrons. The molecule has 0 aliphatic carbocycles. The summed E-state index contributed by atoms with van der Waals surface area (Å²) in [5, 5.41) is 3.55. The van der Waals surface area contributed by atoms with Gasteiger partial charge in [0.1, 0.15) is 11.3 Å². The van der Waals surface area contributed by atoms with Gasteiger partial charge in [0.05, 0.1) is 5.69 Å². The van der Waals surface area contributed by atoms with Gasteiger partial charge in [0.2, 0.25) is 0 Å². The van der Waals surface area contributed by atoms with Crippen LogP contribution in [0.4, 0.5) is 5.69 Å². The van der Waals surface area contributed by atoms with Gasteiger partial charge in [-0.05, 0) is 66.3 Å². The zero-order valence-electron chi connectivity index (χ0n) is 12.0. The maximum Gasteiger partial charge on any atom is 0.274 e. The number of pyridine rings is 1. The molecule has 3 rings (SSSR count). The third kappa shape index (κ3) is 2.83. The minimum atomic E-state index is -0.184. The zero-order valence-corrected chi connectivity index (χ0v) is 14.9. The van der Waals surface area contributed by atoms with Crippen molar-refractivity contribution < 1.29 is 4.79 Å². The van der Waals surface area contributed by atoms with Crippen molar-refractivity contribution >= 4 is 51.4 Å². The quantitative estimate of drug-likeness (QED) is 0.616. The molecule has 2 aromatic heterocycles. The fourth-order valence-electron chi connectivity index (χ4n) is 2.36. The highest BCUT2D eigenvalue weighted by molar-refractivity contribution is 14.1. The first kappa shape index (κ1) is 15.3. The topological polar surface area (TPSA) is 46.4 Å². The molecule has 0 aliphatic heterocycles. The van der Waals surface area contributed by atoms with Gasteiger partial charge in [0.25, 0.3) is 5.91 Å². The van der Waals surface area contributed by atoms with Crippen molar-refractivity contribution in [2.24, 2.45) is 0 Å². The van der Waals surface area contributed by atoms with E-state index in [2.05, 4.69) is 32.9 Å². The van der Waals surface area contributed by atoms with E-state index in [1.165, 1.54) is 0 Å². The molecule has 3 aromatic rings. The molecule has 2 heterocycles. The zero-order chi connectivity index (χ0) is 15.9. The van der Waals surface area contributed by atoms with Gasteiger partial charge < -0.3 is 5.32 Å². The number of hydrogen-bond donors (Lipinski definition) is 1. The number of nitrogens with zero attached hydrogens (tertiary/aromatic N) is 2. The molecule has 4 nitrogen and oxygen atoms in total. The Morgan fingerprint density at radius 2 is 2.05 bits per heavy atom. The molecule has 112 valence electrons. The monoisotopic (exact) mass is 425 g/mol. The number of nitrogens with one attached hydrogen (secondary N) is 1. The minimum Gasteiger partial charge on any atom is -0.320 e. The van der Waals surface area contributed by atoms with Gasteiger partial charge in [-0.15, -0.1) is 0 Å². The fraction of sp³-hybridized carbons (Fsp3) is 0.125. The number of aryl methyl sites for hydroxylation is 2. The summed E-state index contributed by atoms with van der Waals surface area (Å²) in [7, 11) is 0. The maximum absolute atomic E-state index is 12.6. The lowest BCUT2D eigenvalue weighted by atomic mass is 10.2. The highest BCUT2D eigenvalue weighted by atomic mass is 127. The minimum absolute atomic E-state index is 0.184. The summed E-state index contributed by atoms with van der Waals surface area (Å²) in [5.41, 5.74) is 3.67. The molecular weight excluding hydrogens is 413 g/mol. The lowest BCUT2D eigenvalue weighted by molar-refractivity contribution is 0.102. The van der Waals surface area contributed by atoms with Gasteiger partial charge in [0.15, 0.2) is 0 Å². The van der Waals surface area contributed by atoms with Crippen LogP contribution >= 0.6 is 34.2 Å². The molecule has 6 heteroatoms. The fourth-order valence-corrected chi connectivity index (χ4v) is 3.16. The highest BCUT2D eigenvalue weighted by Crippen LogP contribution is 2.21. The largest absolute Gasteiger partial charge is 0.320 e.